The molecule has 1 aliphatic carbocycles. The molecule has 6 nitrogen and oxygen atoms in total. The maximum Gasteiger partial charge on any atom is 0.410 e. The van der Waals surface area contributed by atoms with Crippen LogP contribution < -0.4 is 0 Å². The van der Waals surface area contributed by atoms with Gasteiger partial charge in [-0.3, -0.25) is 0 Å². The van der Waals surface area contributed by atoms with Gasteiger partial charge in [0.05, 0.1) is 10.2 Å². The highest BCUT2D eigenvalue weighted by Gasteiger charge is 2.41. The Morgan fingerprint density at radius 3 is 2.76 bits per heavy atom. The Hall–Kier alpha value is -2.87. The molecule has 8 heteroatoms. The number of aromatic nitrogens is 1. The molecule has 172 valence electrons. The molecule has 1 atom stereocenters. The van der Waals surface area contributed by atoms with Crippen molar-refractivity contribution in [2.45, 2.75) is 44.9 Å². The maximum absolute atomic E-state index is 15.9. The van der Waals surface area contributed by atoms with Crippen molar-refractivity contribution in [1.82, 2.24) is 9.88 Å². The van der Waals surface area contributed by atoms with Gasteiger partial charge < -0.3 is 9.64 Å². The van der Waals surface area contributed by atoms with E-state index in [1.165, 1.54) is 11.3 Å². The van der Waals surface area contributed by atoms with Crippen molar-refractivity contribution in [2.75, 3.05) is 20.1 Å². The number of thiazole rings is 1. The number of allylic oxidation sites excluding steroid dienone is 4. The number of hydrogen-bond acceptors (Lipinski definition) is 5. The fourth-order valence-electron chi connectivity index (χ4n) is 4.36. The Morgan fingerprint density at radius 1 is 1.27 bits per heavy atom. The molecule has 3 heterocycles. The Balaban J connectivity index is 1.33. The number of rotatable bonds is 2. The summed E-state index contributed by atoms with van der Waals surface area (Å²) in [5.74, 6) is 0.187. The van der Waals surface area contributed by atoms with Gasteiger partial charge in [0, 0.05) is 25.9 Å². The first-order chi connectivity index (χ1) is 15.6. The van der Waals surface area contributed by atoms with Crippen LogP contribution in [0.1, 0.15) is 44.2 Å². The Kier molecular flexibility index (Phi) is 5.23. The minimum absolute atomic E-state index is 0.187. The van der Waals surface area contributed by atoms with E-state index in [2.05, 4.69) is 40.6 Å². The predicted octanol–water partition coefficient (Wildman–Crippen LogP) is 5.14. The summed E-state index contributed by atoms with van der Waals surface area (Å²) in [6, 6.07) is 6.10. The number of likely N-dealkylation sites (tertiary alicyclic amines) is 1. The second-order valence-electron chi connectivity index (χ2n) is 9.86. The summed E-state index contributed by atoms with van der Waals surface area (Å²) in [6.45, 7) is 6.14. The summed E-state index contributed by atoms with van der Waals surface area (Å²) >= 11 is 1.41. The SMILES string of the molecule is C[N+]1=CC2C=C(c3ccc4nc(C5(F)CCN(C(=O)OC(C)(C)C)CC5)sc4c3)C=CC2=N1. The van der Waals surface area contributed by atoms with Gasteiger partial charge >= 0.3 is 6.09 Å². The molecule has 1 amide bonds. The van der Waals surface area contributed by atoms with Crippen LogP contribution in [0.25, 0.3) is 15.8 Å². The summed E-state index contributed by atoms with van der Waals surface area (Å²) in [4.78, 5) is 18.5. The average molecular weight is 468 g/mol. The lowest BCUT2D eigenvalue weighted by molar-refractivity contribution is -0.495. The molecule has 1 saturated heterocycles. The van der Waals surface area contributed by atoms with Crippen LogP contribution in [0.3, 0.4) is 0 Å². The molecule has 1 aromatic carbocycles. The van der Waals surface area contributed by atoms with Crippen molar-refractivity contribution in [3.63, 3.8) is 0 Å². The summed E-state index contributed by atoms with van der Waals surface area (Å²) < 4.78 is 24.1. The van der Waals surface area contributed by atoms with Crippen molar-refractivity contribution in [3.8, 4) is 0 Å². The number of hydrogen-bond donors (Lipinski definition) is 0. The number of alkyl halides is 1. The van der Waals surface area contributed by atoms with Crippen molar-refractivity contribution in [2.24, 2.45) is 11.0 Å². The summed E-state index contributed by atoms with van der Waals surface area (Å²) in [5.41, 5.74) is 1.97. The van der Waals surface area contributed by atoms with Crippen LogP contribution in [0, 0.1) is 5.92 Å². The van der Waals surface area contributed by atoms with Gasteiger partial charge in [-0.05, 0) is 55.2 Å². The number of benzene rings is 1. The molecule has 3 aliphatic rings. The molecule has 0 saturated carbocycles. The van der Waals surface area contributed by atoms with Gasteiger partial charge in [-0.15, -0.1) is 11.3 Å². The lowest BCUT2D eigenvalue weighted by Crippen LogP contribution is -2.45. The second kappa shape index (κ2) is 7.87. The van der Waals surface area contributed by atoms with Crippen LogP contribution in [-0.2, 0) is 10.4 Å². The van der Waals surface area contributed by atoms with Crippen LogP contribution in [0.2, 0.25) is 0 Å². The molecule has 33 heavy (non-hydrogen) atoms. The van der Waals surface area contributed by atoms with E-state index in [0.717, 1.165) is 27.1 Å². The normalized spacial score (nSPS) is 22.0. The highest BCUT2D eigenvalue weighted by Crippen LogP contribution is 2.41. The Morgan fingerprint density at radius 2 is 2.03 bits per heavy atom. The molecule has 0 bridgehead atoms. The number of ether oxygens (including phenoxy) is 1. The molecule has 2 aliphatic heterocycles. The van der Waals surface area contributed by atoms with Gasteiger partial charge in [0.2, 0.25) is 0 Å². The highest BCUT2D eigenvalue weighted by atomic mass is 32.1. The van der Waals surface area contributed by atoms with E-state index in [-0.39, 0.29) is 24.9 Å². The molecule has 2 aromatic rings. The van der Waals surface area contributed by atoms with Crippen LogP contribution in [0.15, 0.2) is 41.5 Å². The fourth-order valence-corrected chi connectivity index (χ4v) is 5.50. The Labute approximate surface area is 196 Å². The van der Waals surface area contributed by atoms with E-state index in [9.17, 15) is 4.79 Å². The van der Waals surface area contributed by atoms with Gasteiger partial charge in [-0.25, -0.2) is 14.2 Å². The summed E-state index contributed by atoms with van der Waals surface area (Å²) in [7, 11) is 1.93. The first-order valence-corrected chi connectivity index (χ1v) is 12.1. The molecule has 0 radical (unpaired) electrons. The van der Waals surface area contributed by atoms with Crippen molar-refractivity contribution in [1.29, 1.82) is 0 Å². The van der Waals surface area contributed by atoms with E-state index in [4.69, 9.17) is 4.74 Å². The zero-order valence-electron chi connectivity index (χ0n) is 19.3. The summed E-state index contributed by atoms with van der Waals surface area (Å²) in [5, 5.41) is 4.96. The molecule has 0 N–H and O–H groups in total. The maximum atomic E-state index is 15.9. The third-order valence-electron chi connectivity index (χ3n) is 6.10. The summed E-state index contributed by atoms with van der Waals surface area (Å²) in [6.07, 6.45) is 8.48. The first-order valence-electron chi connectivity index (χ1n) is 11.2. The van der Waals surface area contributed by atoms with Gasteiger partial charge in [0.1, 0.15) is 22.2 Å². The zero-order valence-corrected chi connectivity index (χ0v) is 20.2. The largest absolute Gasteiger partial charge is 0.444 e. The second-order valence-corrected chi connectivity index (χ2v) is 10.9. The topological polar surface area (TPSA) is 57.8 Å². The predicted molar refractivity (Wildman–Crippen MR) is 130 cm³/mol. The van der Waals surface area contributed by atoms with Crippen molar-refractivity contribution < 1.29 is 18.6 Å². The molecule has 1 unspecified atom stereocenters. The highest BCUT2D eigenvalue weighted by molar-refractivity contribution is 7.18. The number of amides is 1. The number of hydrazone groups is 1. The van der Waals surface area contributed by atoms with Crippen LogP contribution in [0.4, 0.5) is 9.18 Å². The molecule has 0 spiro atoms. The number of halogens is 1. The zero-order chi connectivity index (χ0) is 23.4. The smallest absolute Gasteiger partial charge is 0.410 e. The number of fused-ring (bicyclic) bond motifs is 2. The van der Waals surface area contributed by atoms with Gasteiger partial charge in [-0.2, -0.15) is 0 Å². The first kappa shape index (κ1) is 21.9. The molecule has 1 fully saturated rings. The average Bonchev–Trinajstić information content (AvgIpc) is 3.34. The monoisotopic (exact) mass is 467 g/mol. The van der Waals surface area contributed by atoms with Crippen LogP contribution >= 0.6 is 11.3 Å². The van der Waals surface area contributed by atoms with E-state index >= 15 is 4.39 Å². The quantitative estimate of drug-likeness (QED) is 0.575. The molecule has 5 rings (SSSR count). The van der Waals surface area contributed by atoms with Gasteiger partial charge in [0.15, 0.2) is 18.9 Å². The van der Waals surface area contributed by atoms with Crippen LogP contribution in [-0.4, -0.2) is 58.3 Å². The van der Waals surface area contributed by atoms with Crippen LogP contribution in [0.5, 0.6) is 0 Å². The molecule has 1 aromatic heterocycles. The standard InChI is InChI=1S/C25H28FN4O2S/c1-24(2,3)32-23(31)30-11-9-25(26,10-12-30)22-27-20-8-6-17(14-21(20)33-22)16-5-7-19-18(13-16)15-29(4)28-19/h5-8,13-15,18H,9-12H2,1-4H3/q+1. The van der Waals surface area contributed by atoms with E-state index in [1.807, 2.05) is 44.6 Å². The van der Waals surface area contributed by atoms with Crippen molar-refractivity contribution in [3.05, 3.63) is 47.0 Å². The van der Waals surface area contributed by atoms with Gasteiger partial charge in [0.25, 0.3) is 0 Å². The molecular weight excluding hydrogens is 439 g/mol. The minimum Gasteiger partial charge on any atom is -0.444 e. The number of piperidine rings is 1. The van der Waals surface area contributed by atoms with E-state index in [1.54, 1.807) is 4.90 Å². The van der Waals surface area contributed by atoms with Gasteiger partial charge in [-0.1, -0.05) is 22.9 Å². The van der Waals surface area contributed by atoms with Crippen molar-refractivity contribution >= 4 is 45.1 Å². The Bertz CT molecular complexity index is 1240. The lowest BCUT2D eigenvalue weighted by atomic mass is 9.92. The third-order valence-corrected chi connectivity index (χ3v) is 7.29. The fraction of sp³-hybridized carbons (Fsp3) is 0.440. The minimum atomic E-state index is -1.53. The number of carbonyl (C=O) groups excluding carboxylic acids is 1. The van der Waals surface area contributed by atoms with E-state index < -0.39 is 11.3 Å². The molecular formula is C25H28FN4O2S+. The third kappa shape index (κ3) is 4.36. The van der Waals surface area contributed by atoms with E-state index in [0.29, 0.717) is 18.1 Å². The number of nitrogens with zero attached hydrogens (tertiary/aromatic N) is 4. The lowest BCUT2D eigenvalue weighted by Gasteiger charge is -2.36. The number of carbonyl (C=O) groups is 1.